The predicted molar refractivity (Wildman–Crippen MR) is 157 cm³/mol. The quantitative estimate of drug-likeness (QED) is 0.222. The Bertz CT molecular complexity index is 1470. The highest BCUT2D eigenvalue weighted by atomic mass is 14.1. The Morgan fingerprint density at radius 3 is 2.37 bits per heavy atom. The monoisotopic (exact) mass is 452 g/mol. The number of hydrogen-bond donors (Lipinski definition) is 0. The minimum absolute atomic E-state index is 0.163. The van der Waals surface area contributed by atoms with Crippen LogP contribution in [0.4, 0.5) is 0 Å². The largest absolute Gasteiger partial charge is 0.243 e. The molecule has 1 aliphatic rings. The summed E-state index contributed by atoms with van der Waals surface area (Å²) in [5, 5.41) is 2.65. The smallest absolute Gasteiger partial charge is 0.103 e. The second-order valence-electron chi connectivity index (χ2n) is 9.79. The maximum atomic E-state index is 3.96. The molecule has 0 aliphatic heterocycles. The number of benzene rings is 4. The van der Waals surface area contributed by atoms with E-state index in [4.69, 9.17) is 0 Å². The topological polar surface area (TPSA) is 0 Å². The summed E-state index contributed by atoms with van der Waals surface area (Å²) >= 11 is 0. The molecule has 35 heavy (non-hydrogen) atoms. The van der Waals surface area contributed by atoms with Gasteiger partial charge in [-0.25, -0.2) is 0 Å². The molecule has 1 aliphatic carbocycles. The molecular formula is C34H33B. The second kappa shape index (κ2) is 9.96. The molecule has 0 N–H and O–H groups in total. The first kappa shape index (κ1) is 23.2. The van der Waals surface area contributed by atoms with Crippen molar-refractivity contribution < 1.29 is 0 Å². The molecular weight excluding hydrogens is 419 g/mol. The highest BCUT2D eigenvalue weighted by Crippen LogP contribution is 2.20. The Kier molecular flexibility index (Phi) is 6.60. The van der Waals surface area contributed by atoms with E-state index in [2.05, 4.69) is 118 Å². The first-order valence-electron chi connectivity index (χ1n) is 12.7. The minimum Gasteiger partial charge on any atom is -0.103 e. The van der Waals surface area contributed by atoms with Crippen LogP contribution in [0.2, 0.25) is 0 Å². The van der Waals surface area contributed by atoms with Crippen LogP contribution in [0.15, 0.2) is 91.5 Å². The van der Waals surface area contributed by atoms with Crippen molar-refractivity contribution in [2.75, 3.05) is 0 Å². The fraction of sp³-hybridized carbons (Fsp3) is 0.176. The zero-order valence-electron chi connectivity index (χ0n) is 21.1. The Morgan fingerprint density at radius 1 is 0.800 bits per heavy atom. The van der Waals surface area contributed by atoms with Crippen LogP contribution in [0.3, 0.4) is 0 Å². The van der Waals surface area contributed by atoms with Gasteiger partial charge >= 0.3 is 0 Å². The van der Waals surface area contributed by atoms with Crippen molar-refractivity contribution in [3.63, 3.8) is 0 Å². The van der Waals surface area contributed by atoms with Crippen molar-refractivity contribution in [2.24, 2.45) is 0 Å². The zero-order chi connectivity index (χ0) is 24.4. The Hall–Kier alpha value is -3.58. The van der Waals surface area contributed by atoms with Crippen molar-refractivity contribution in [1.82, 2.24) is 0 Å². The van der Waals surface area contributed by atoms with Gasteiger partial charge in [0, 0.05) is 0 Å². The maximum absolute atomic E-state index is 3.96. The summed E-state index contributed by atoms with van der Waals surface area (Å²) in [6, 6.07) is 25.1. The third-order valence-electron chi connectivity index (χ3n) is 7.54. The SMILES string of the molecule is C=CCCc1ccc(C)c(B(c2ccc3c(c2)C=CCC=C3)c2c(C)ccc3ccccc23)c1C. The summed E-state index contributed by atoms with van der Waals surface area (Å²) in [5.74, 6) is 0. The van der Waals surface area contributed by atoms with E-state index >= 15 is 0 Å². The lowest BCUT2D eigenvalue weighted by Gasteiger charge is -2.25. The van der Waals surface area contributed by atoms with Gasteiger partial charge in [0.25, 0.3) is 0 Å². The summed E-state index contributed by atoms with van der Waals surface area (Å²) in [6.45, 7) is 11.0. The highest BCUT2D eigenvalue weighted by molar-refractivity contribution is 6.97. The molecule has 0 saturated heterocycles. The van der Waals surface area contributed by atoms with Crippen molar-refractivity contribution in [3.8, 4) is 0 Å². The average molecular weight is 452 g/mol. The third-order valence-corrected chi connectivity index (χ3v) is 7.54. The van der Waals surface area contributed by atoms with Gasteiger partial charge in [0.2, 0.25) is 6.71 Å². The van der Waals surface area contributed by atoms with E-state index in [9.17, 15) is 0 Å². The van der Waals surface area contributed by atoms with E-state index in [0.29, 0.717) is 0 Å². The molecule has 0 amide bonds. The zero-order valence-corrected chi connectivity index (χ0v) is 21.1. The van der Waals surface area contributed by atoms with Crippen LogP contribution < -0.4 is 16.4 Å². The fourth-order valence-electron chi connectivity index (χ4n) is 5.68. The summed E-state index contributed by atoms with van der Waals surface area (Å²) in [7, 11) is 0. The molecule has 4 aromatic rings. The Balaban J connectivity index is 1.82. The lowest BCUT2D eigenvalue weighted by Crippen LogP contribution is -2.55. The number of allylic oxidation sites excluding steroid dienone is 3. The van der Waals surface area contributed by atoms with Gasteiger partial charge in [-0.3, -0.25) is 0 Å². The number of rotatable bonds is 6. The van der Waals surface area contributed by atoms with E-state index in [1.54, 1.807) is 0 Å². The van der Waals surface area contributed by atoms with Crippen LogP contribution in [0.25, 0.3) is 22.9 Å². The van der Waals surface area contributed by atoms with Crippen LogP contribution in [0.1, 0.15) is 46.2 Å². The van der Waals surface area contributed by atoms with Gasteiger partial charge in [0.1, 0.15) is 0 Å². The van der Waals surface area contributed by atoms with Gasteiger partial charge in [0.15, 0.2) is 0 Å². The summed E-state index contributed by atoms with van der Waals surface area (Å²) in [6.07, 6.45) is 14.1. The molecule has 5 rings (SSSR count). The standard InChI is InChI=1S/C34H33B/c1-5-6-12-27-19-17-24(2)33(26(27)4)35(31-22-21-28-13-8-7-9-15-30(28)23-31)34-25(3)18-20-29-14-10-11-16-32(29)34/h5,8-11,13-23H,1,6-7,12H2,2-4H3. The van der Waals surface area contributed by atoms with Crippen molar-refractivity contribution >= 4 is 46.0 Å². The molecule has 0 aromatic heterocycles. The van der Waals surface area contributed by atoms with Gasteiger partial charge < -0.3 is 0 Å². The van der Waals surface area contributed by atoms with Gasteiger partial charge in [-0.15, -0.1) is 6.58 Å². The molecule has 0 spiro atoms. The van der Waals surface area contributed by atoms with Gasteiger partial charge in [0.05, 0.1) is 0 Å². The number of hydrogen-bond acceptors (Lipinski definition) is 0. The van der Waals surface area contributed by atoms with Crippen LogP contribution >= 0.6 is 0 Å². The molecule has 0 unspecified atom stereocenters. The molecule has 0 atom stereocenters. The lowest BCUT2D eigenvalue weighted by molar-refractivity contribution is 0.991. The van der Waals surface area contributed by atoms with Crippen molar-refractivity contribution in [3.05, 3.63) is 125 Å². The normalized spacial score (nSPS) is 12.4. The predicted octanol–water partition coefficient (Wildman–Crippen LogP) is 6.83. The Morgan fingerprint density at radius 2 is 1.54 bits per heavy atom. The molecule has 0 heterocycles. The third kappa shape index (κ3) is 4.44. The second-order valence-corrected chi connectivity index (χ2v) is 9.79. The van der Waals surface area contributed by atoms with Gasteiger partial charge in [-0.1, -0.05) is 130 Å². The summed E-state index contributed by atoms with van der Waals surface area (Å²) < 4.78 is 0. The minimum atomic E-state index is 0.163. The Labute approximate surface area is 210 Å². The highest BCUT2D eigenvalue weighted by Gasteiger charge is 2.29. The van der Waals surface area contributed by atoms with E-state index in [0.717, 1.165) is 19.3 Å². The van der Waals surface area contributed by atoms with E-state index in [1.165, 1.54) is 60.5 Å². The van der Waals surface area contributed by atoms with Crippen molar-refractivity contribution in [1.29, 1.82) is 0 Å². The van der Waals surface area contributed by atoms with E-state index in [-0.39, 0.29) is 6.71 Å². The summed E-state index contributed by atoms with van der Waals surface area (Å²) in [4.78, 5) is 0. The van der Waals surface area contributed by atoms with Crippen LogP contribution in [-0.4, -0.2) is 6.71 Å². The molecule has 0 bridgehead atoms. The maximum Gasteiger partial charge on any atom is 0.243 e. The molecule has 0 radical (unpaired) electrons. The number of fused-ring (bicyclic) bond motifs is 2. The molecule has 4 aromatic carbocycles. The van der Waals surface area contributed by atoms with Crippen molar-refractivity contribution in [2.45, 2.75) is 40.0 Å². The molecule has 0 nitrogen and oxygen atoms in total. The molecule has 172 valence electrons. The molecule has 0 fully saturated rings. The molecule has 1 heteroatoms. The number of aryl methyl sites for hydroxylation is 3. The fourth-order valence-corrected chi connectivity index (χ4v) is 5.68. The van der Waals surface area contributed by atoms with Gasteiger partial charge in [-0.05, 0) is 67.5 Å². The first-order valence-corrected chi connectivity index (χ1v) is 12.7. The van der Waals surface area contributed by atoms with Crippen LogP contribution in [0, 0.1) is 20.8 Å². The molecule has 0 saturated carbocycles. The van der Waals surface area contributed by atoms with Gasteiger partial charge in [-0.2, -0.15) is 0 Å². The first-order chi connectivity index (χ1) is 17.1. The van der Waals surface area contributed by atoms with E-state index in [1.807, 2.05) is 6.08 Å². The van der Waals surface area contributed by atoms with Crippen LogP contribution in [-0.2, 0) is 6.42 Å². The van der Waals surface area contributed by atoms with Crippen LogP contribution in [0.5, 0.6) is 0 Å². The lowest BCUT2D eigenvalue weighted by atomic mass is 9.34. The average Bonchev–Trinajstić information content (AvgIpc) is 3.12. The summed E-state index contributed by atoms with van der Waals surface area (Å²) in [5.41, 5.74) is 12.3. The van der Waals surface area contributed by atoms with E-state index < -0.39 is 0 Å².